The van der Waals surface area contributed by atoms with Crippen LogP contribution in [0.3, 0.4) is 0 Å². The number of nitrogens with two attached hydrogens (primary N) is 2. The van der Waals surface area contributed by atoms with Crippen molar-refractivity contribution in [2.45, 2.75) is 88.1 Å². The minimum Gasteiger partial charge on any atom is -0.456 e. The largest absolute Gasteiger partial charge is 0.456 e. The molecule has 0 bridgehead atoms. The van der Waals surface area contributed by atoms with Crippen LogP contribution in [0, 0.1) is 0 Å². The van der Waals surface area contributed by atoms with Crippen molar-refractivity contribution in [3.8, 4) is 0 Å². The number of esters is 4. The fourth-order valence-corrected chi connectivity index (χ4v) is 15.3. The molecular formula is C61H57F3N8O17S3. The highest BCUT2D eigenvalue weighted by Gasteiger charge is 2.73. The van der Waals surface area contributed by atoms with Crippen molar-refractivity contribution in [1.29, 1.82) is 0 Å². The van der Waals surface area contributed by atoms with Gasteiger partial charge in [0.1, 0.15) is 33.8 Å². The number of aliphatic hydroxyl groups is 2. The van der Waals surface area contributed by atoms with Gasteiger partial charge in [-0.3, -0.25) is 23.5 Å². The number of halogens is 3. The molecule has 25 nitrogen and oxygen atoms in total. The van der Waals surface area contributed by atoms with E-state index in [1.165, 1.54) is 102 Å². The number of carbonyl (C=O) groups excluding carboxylic acids is 4. The number of aromatic amines is 1. The number of rotatable bonds is 14. The number of nitrogen functional groups attached to an aromatic ring is 2. The summed E-state index contributed by atoms with van der Waals surface area (Å²) in [6.45, 7) is -2.72. The molecule has 7 aromatic rings. The van der Waals surface area contributed by atoms with Crippen LogP contribution in [0.4, 0.5) is 24.8 Å². The number of nitrogens with zero attached hydrogens (tertiary/aromatic N) is 5. The quantitative estimate of drug-likeness (QED) is 0.0712. The molecule has 12 atom stereocenters. The second-order valence-electron chi connectivity index (χ2n) is 21.8. The molecule has 9 heterocycles. The van der Waals surface area contributed by atoms with E-state index in [-0.39, 0.29) is 33.9 Å². The van der Waals surface area contributed by atoms with E-state index in [9.17, 15) is 47.9 Å². The lowest BCUT2D eigenvalue weighted by atomic mass is 9.92. The van der Waals surface area contributed by atoms with Gasteiger partial charge in [0, 0.05) is 24.7 Å². The number of nitrogens with one attached hydrogen (secondary N) is 1. The van der Waals surface area contributed by atoms with Crippen LogP contribution < -0.4 is 34.1 Å². The van der Waals surface area contributed by atoms with Gasteiger partial charge < -0.3 is 54.8 Å². The van der Waals surface area contributed by atoms with E-state index in [1.54, 1.807) is 84.9 Å². The third-order valence-corrected chi connectivity index (χ3v) is 20.8. The normalized spacial score (nSPS) is 29.7. The van der Waals surface area contributed by atoms with Crippen LogP contribution in [0.1, 0.15) is 79.4 Å². The van der Waals surface area contributed by atoms with Crippen molar-refractivity contribution in [2.24, 2.45) is 0 Å². The zero-order valence-electron chi connectivity index (χ0n) is 48.1. The van der Waals surface area contributed by atoms with Crippen molar-refractivity contribution < 1.29 is 75.7 Å². The van der Waals surface area contributed by atoms with E-state index < -0.39 is 135 Å². The zero-order chi connectivity index (χ0) is 65.2. The summed E-state index contributed by atoms with van der Waals surface area (Å²) in [6, 6.07) is 36.2. The smallest absolute Gasteiger partial charge is 0.351 e. The van der Waals surface area contributed by atoms with Gasteiger partial charge in [0.2, 0.25) is 0 Å². The average molecular weight is 1330 g/mol. The summed E-state index contributed by atoms with van der Waals surface area (Å²) in [5.41, 5.74) is 9.01. The number of H-pyrrole nitrogens is 1. The molecule has 31 heteroatoms. The fourth-order valence-electron chi connectivity index (χ4n) is 11.3. The molecular weight excluding hydrogens is 1270 g/mol. The Morgan fingerprint density at radius 3 is 1.20 bits per heavy atom. The van der Waals surface area contributed by atoms with Gasteiger partial charge in [0.05, 0.1) is 27.0 Å². The Bertz CT molecular complexity index is 4120. The standard InChI is InChI=1S/C25H22FN3O6S.C25H21FN2O7S.C11H14FN3O4S/c26-25(15-33-19(30)16-7-3-1-4-8-16)21(34-20(31)17-9-5-2-6-10-17)24(12-14-36-24)22(35-25)29-13-11-18(27)28-23(29)32;26-25(15-33-19(30)16-7-3-1-4-8-16)21(34-20(31)17-9-5-2-6-10-17)24(12-14-36-24)22(35-25)28-13-11-18(29)27-23(28)32;12-11(5-16)7(17)10(2-4-20-10)8(19-11)15-3-1-6(13)14-9(15)18/h1-11,13,21-22H,12,14-15H2,(H2,27,28,32);1-11,13,21-22H,12,14-15H2,(H,27,29,32);1,3,7-8,16-17H,2,4-5H2,(H2,13,14,18)/t2*21-,22+,24+,25+;7-,8+,10+,11+/m000/s1. The second kappa shape index (κ2) is 26.2. The van der Waals surface area contributed by atoms with E-state index in [2.05, 4.69) is 15.0 Å². The molecule has 6 fully saturated rings. The number of thioether (sulfide) groups is 3. The van der Waals surface area contributed by atoms with E-state index in [4.69, 9.17) is 49.7 Å². The van der Waals surface area contributed by atoms with Crippen LogP contribution in [-0.4, -0.2) is 150 Å². The van der Waals surface area contributed by atoms with Gasteiger partial charge in [-0.15, -0.1) is 35.3 Å². The highest BCUT2D eigenvalue weighted by atomic mass is 32.2. The Labute approximate surface area is 531 Å². The zero-order valence-corrected chi connectivity index (χ0v) is 50.6. The highest BCUT2D eigenvalue weighted by Crippen LogP contribution is 2.63. The van der Waals surface area contributed by atoms with Gasteiger partial charge in [-0.05, 0) is 97.2 Å². The topological polar surface area (TPSA) is 350 Å². The second-order valence-corrected chi connectivity index (χ2v) is 26.2. The molecule has 6 saturated heterocycles. The molecule has 13 rings (SSSR count). The number of anilines is 2. The first kappa shape index (κ1) is 65.0. The van der Waals surface area contributed by atoms with Crippen molar-refractivity contribution in [1.82, 2.24) is 28.7 Å². The van der Waals surface area contributed by atoms with Crippen molar-refractivity contribution in [3.05, 3.63) is 222 Å². The summed E-state index contributed by atoms with van der Waals surface area (Å²) in [7, 11) is 0. The van der Waals surface area contributed by atoms with E-state index in [0.717, 1.165) is 25.5 Å². The van der Waals surface area contributed by atoms with Gasteiger partial charge >= 0.3 is 40.9 Å². The average Bonchev–Trinajstić information content (AvgIpc) is 1.56. The predicted molar refractivity (Wildman–Crippen MR) is 326 cm³/mol. The molecule has 7 N–H and O–H groups in total. The SMILES string of the molecule is Nc1ccn([C@@H]2O[C@](F)(CO)[C@@H](O)[C@]23CCS3)c(=O)n1.Nc1ccn([C@@H]2O[C@](F)(COC(=O)c3ccccc3)[C@@H](OC(=O)c3ccccc3)[C@]23CCS3)c(=O)n1.O=C(OC[C@@]1(F)O[C@@H](n2ccc(=O)[nH]c2=O)[C@@]2(CCS2)[C@@H]1OC(=O)c1ccccc1)c1ccccc1. The molecule has 6 aliphatic heterocycles. The number of hydrogen-bond donors (Lipinski definition) is 5. The lowest BCUT2D eigenvalue weighted by Gasteiger charge is -2.44. The molecule has 0 saturated carbocycles. The number of carbonyl (C=O) groups is 4. The van der Waals surface area contributed by atoms with Gasteiger partial charge in [-0.25, -0.2) is 46.7 Å². The maximum Gasteiger partial charge on any atom is 0.351 e. The molecule has 482 valence electrons. The maximum absolute atomic E-state index is 16.6. The van der Waals surface area contributed by atoms with Crippen molar-refractivity contribution in [3.63, 3.8) is 0 Å². The van der Waals surface area contributed by atoms with Crippen LogP contribution in [0.25, 0.3) is 0 Å². The molecule has 0 radical (unpaired) electrons. The number of ether oxygens (including phenoxy) is 7. The summed E-state index contributed by atoms with van der Waals surface area (Å²) < 4.78 is 86.2. The summed E-state index contributed by atoms with van der Waals surface area (Å²) in [5.74, 6) is -9.23. The molecule has 4 aromatic carbocycles. The molecule has 92 heavy (non-hydrogen) atoms. The van der Waals surface area contributed by atoms with E-state index >= 15 is 8.78 Å². The third-order valence-electron chi connectivity index (χ3n) is 16.1. The van der Waals surface area contributed by atoms with Gasteiger partial charge in [-0.1, -0.05) is 72.8 Å². The molecule has 3 aromatic heterocycles. The summed E-state index contributed by atoms with van der Waals surface area (Å²) in [6.07, 6.45) is -2.89. The Kier molecular flexibility index (Phi) is 18.5. The fraction of sp³-hybridized carbons (Fsp3) is 0.344. The van der Waals surface area contributed by atoms with Crippen molar-refractivity contribution in [2.75, 3.05) is 48.5 Å². The molecule has 6 aliphatic rings. The Balaban J connectivity index is 0.000000147. The van der Waals surface area contributed by atoms with Crippen LogP contribution in [-0.2, 0) is 33.2 Å². The first-order valence-corrected chi connectivity index (χ1v) is 31.3. The number of benzene rings is 4. The number of alkyl halides is 3. The number of hydrogen-bond acceptors (Lipinski definition) is 24. The predicted octanol–water partition coefficient (Wildman–Crippen LogP) is 4.92. The molecule has 0 unspecified atom stereocenters. The van der Waals surface area contributed by atoms with Crippen molar-refractivity contribution >= 4 is 70.8 Å². The molecule has 0 amide bonds. The van der Waals surface area contributed by atoms with Crippen LogP contribution in [0.5, 0.6) is 0 Å². The molecule has 3 spiro atoms. The lowest BCUT2D eigenvalue weighted by Crippen LogP contribution is -2.56. The number of aliphatic hydroxyl groups excluding tert-OH is 2. The Morgan fingerprint density at radius 1 is 0.522 bits per heavy atom. The van der Waals surface area contributed by atoms with Gasteiger partial charge in [0.15, 0.2) is 44.1 Å². The minimum atomic E-state index is -2.78. The summed E-state index contributed by atoms with van der Waals surface area (Å²) >= 11 is 3.89. The highest BCUT2D eigenvalue weighted by molar-refractivity contribution is 8.02. The van der Waals surface area contributed by atoms with E-state index in [0.29, 0.717) is 30.8 Å². The number of aromatic nitrogens is 6. The first-order valence-electron chi connectivity index (χ1n) is 28.4. The van der Waals surface area contributed by atoms with Crippen LogP contribution >= 0.6 is 35.3 Å². The monoisotopic (exact) mass is 1330 g/mol. The Morgan fingerprint density at radius 2 is 0.859 bits per heavy atom. The maximum atomic E-state index is 16.6. The summed E-state index contributed by atoms with van der Waals surface area (Å²) in [4.78, 5) is 109. The van der Waals surface area contributed by atoms with Gasteiger partial charge in [0.25, 0.3) is 23.1 Å². The minimum absolute atomic E-state index is 0.0000762. The first-order chi connectivity index (χ1) is 44.1. The van der Waals surface area contributed by atoms with Gasteiger partial charge in [-0.2, -0.15) is 9.97 Å². The Hall–Kier alpha value is -8.56. The van der Waals surface area contributed by atoms with Crippen LogP contribution in [0.15, 0.2) is 177 Å². The third kappa shape index (κ3) is 12.4. The van der Waals surface area contributed by atoms with E-state index in [1.807, 2.05) is 0 Å². The van der Waals surface area contributed by atoms with Crippen LogP contribution in [0.2, 0.25) is 0 Å². The summed E-state index contributed by atoms with van der Waals surface area (Å²) in [5, 5.41) is 19.3. The molecule has 0 aliphatic carbocycles. The lowest BCUT2D eigenvalue weighted by molar-refractivity contribution is -0.208.